The Hall–Kier alpha value is -2.96. The second-order valence-corrected chi connectivity index (χ2v) is 4.41. The summed E-state index contributed by atoms with van der Waals surface area (Å²) in [5, 5.41) is 12.6. The monoisotopic (exact) mass is 305 g/mol. The smallest absolute Gasteiger partial charge is 0.308 e. The lowest BCUT2D eigenvalue weighted by molar-refractivity contribution is -0.132. The van der Waals surface area contributed by atoms with Crippen LogP contribution >= 0.6 is 0 Å². The molecule has 0 saturated carbocycles. The number of rotatable bonds is 4. The number of para-hydroxylation sites is 1. The Morgan fingerprint density at radius 2 is 1.91 bits per heavy atom. The van der Waals surface area contributed by atoms with Gasteiger partial charge in [-0.05, 0) is 12.1 Å². The van der Waals surface area contributed by atoms with Gasteiger partial charge in [-0.25, -0.2) is 0 Å². The van der Waals surface area contributed by atoms with E-state index >= 15 is 0 Å². The van der Waals surface area contributed by atoms with Gasteiger partial charge in [0, 0.05) is 13.8 Å². The van der Waals surface area contributed by atoms with Crippen molar-refractivity contribution in [2.75, 3.05) is 12.4 Å². The van der Waals surface area contributed by atoms with Crippen LogP contribution in [0.5, 0.6) is 17.2 Å². The normalized spacial score (nSPS) is 10.1. The Morgan fingerprint density at radius 1 is 1.23 bits per heavy atom. The van der Waals surface area contributed by atoms with Crippen molar-refractivity contribution in [2.24, 2.45) is 0 Å². The first-order valence-corrected chi connectivity index (χ1v) is 6.39. The average Bonchev–Trinajstić information content (AvgIpc) is 2.75. The number of methoxy groups -OCH3 is 1. The van der Waals surface area contributed by atoms with Crippen LogP contribution in [0.1, 0.15) is 13.8 Å². The van der Waals surface area contributed by atoms with E-state index in [-0.39, 0.29) is 17.4 Å². The van der Waals surface area contributed by atoms with Crippen molar-refractivity contribution in [3.8, 4) is 28.6 Å². The van der Waals surface area contributed by atoms with Gasteiger partial charge in [0.2, 0.25) is 23.3 Å². The molecule has 1 aromatic carbocycles. The topological polar surface area (TPSA) is 98.0 Å². The molecule has 1 amide bonds. The molecule has 0 unspecified atom stereocenters. The molecule has 0 saturated heterocycles. The number of nitrogens with one attached hydrogen (secondary N) is 1. The van der Waals surface area contributed by atoms with Crippen LogP contribution in [-0.4, -0.2) is 24.1 Å². The van der Waals surface area contributed by atoms with Crippen LogP contribution in [0.4, 0.5) is 5.88 Å². The minimum atomic E-state index is -0.658. The average molecular weight is 305 g/mol. The maximum Gasteiger partial charge on any atom is 0.308 e. The van der Waals surface area contributed by atoms with E-state index in [1.165, 1.54) is 21.0 Å². The van der Waals surface area contributed by atoms with Crippen molar-refractivity contribution in [1.82, 2.24) is 0 Å². The predicted octanol–water partition coefficient (Wildman–Crippen LogP) is 2.54. The Labute approximate surface area is 126 Å². The zero-order valence-electron chi connectivity index (χ0n) is 12.3. The van der Waals surface area contributed by atoms with Gasteiger partial charge in [-0.1, -0.05) is 12.1 Å². The number of aromatic hydroxyl groups is 1. The van der Waals surface area contributed by atoms with Crippen LogP contribution in [0.3, 0.4) is 0 Å². The van der Waals surface area contributed by atoms with E-state index in [0.29, 0.717) is 11.3 Å². The van der Waals surface area contributed by atoms with E-state index in [9.17, 15) is 14.7 Å². The Bertz CT molecular complexity index is 719. The van der Waals surface area contributed by atoms with E-state index in [4.69, 9.17) is 13.9 Å². The third-order valence-corrected chi connectivity index (χ3v) is 2.73. The fraction of sp³-hybridized carbons (Fsp3) is 0.200. The first-order valence-electron chi connectivity index (χ1n) is 6.39. The van der Waals surface area contributed by atoms with Gasteiger partial charge in [0.25, 0.3) is 0 Å². The van der Waals surface area contributed by atoms with Crippen molar-refractivity contribution in [2.45, 2.75) is 13.8 Å². The number of hydrogen-bond donors (Lipinski definition) is 2. The number of benzene rings is 1. The highest BCUT2D eigenvalue weighted by molar-refractivity contribution is 5.92. The number of amides is 1. The van der Waals surface area contributed by atoms with Crippen LogP contribution in [-0.2, 0) is 9.59 Å². The van der Waals surface area contributed by atoms with Crippen LogP contribution in [0.15, 0.2) is 28.7 Å². The van der Waals surface area contributed by atoms with E-state index in [2.05, 4.69) is 5.32 Å². The summed E-state index contributed by atoms with van der Waals surface area (Å²) >= 11 is 0. The largest absolute Gasteiger partial charge is 0.502 e. The number of carbonyl (C=O) groups is 2. The van der Waals surface area contributed by atoms with Gasteiger partial charge in [-0.15, -0.1) is 0 Å². The molecule has 0 radical (unpaired) electrons. The molecule has 0 fully saturated rings. The summed E-state index contributed by atoms with van der Waals surface area (Å²) in [6.07, 6.45) is 0. The van der Waals surface area contributed by atoms with E-state index < -0.39 is 17.6 Å². The zero-order chi connectivity index (χ0) is 16.3. The highest BCUT2D eigenvalue weighted by Gasteiger charge is 2.26. The molecule has 0 spiro atoms. The minimum Gasteiger partial charge on any atom is -0.502 e. The Morgan fingerprint density at radius 3 is 2.50 bits per heavy atom. The lowest BCUT2D eigenvalue weighted by Crippen LogP contribution is -2.08. The molecule has 7 nitrogen and oxygen atoms in total. The molecular weight excluding hydrogens is 290 g/mol. The summed E-state index contributed by atoms with van der Waals surface area (Å²) in [4.78, 5) is 22.4. The molecule has 1 aromatic heterocycles. The molecule has 0 atom stereocenters. The molecule has 2 N–H and O–H groups in total. The molecule has 0 bridgehead atoms. The molecule has 0 aliphatic heterocycles. The van der Waals surface area contributed by atoms with Gasteiger partial charge in [0.15, 0.2) is 5.76 Å². The maximum absolute atomic E-state index is 11.2. The molecule has 116 valence electrons. The second kappa shape index (κ2) is 6.21. The molecule has 22 heavy (non-hydrogen) atoms. The minimum absolute atomic E-state index is 0.0254. The first-order chi connectivity index (χ1) is 10.4. The number of esters is 1. The van der Waals surface area contributed by atoms with Gasteiger partial charge < -0.3 is 19.0 Å². The van der Waals surface area contributed by atoms with Crippen molar-refractivity contribution in [1.29, 1.82) is 0 Å². The molecule has 2 rings (SSSR count). The standard InChI is InChI=1S/C15H15NO6/c1-8(17)16-15-14(21-9(2)18)12(19)13(22-15)10-6-4-5-7-11(10)20-3/h4-7,19H,1-3H3,(H,16,17). The van der Waals surface area contributed by atoms with Crippen molar-refractivity contribution < 1.29 is 28.6 Å². The Balaban J connectivity index is 2.59. The van der Waals surface area contributed by atoms with Crippen LogP contribution < -0.4 is 14.8 Å². The number of furan rings is 1. The summed E-state index contributed by atoms with van der Waals surface area (Å²) < 4.78 is 15.6. The summed E-state index contributed by atoms with van der Waals surface area (Å²) in [5.41, 5.74) is 0.451. The number of hydrogen-bond acceptors (Lipinski definition) is 6. The summed E-state index contributed by atoms with van der Waals surface area (Å²) in [6, 6.07) is 6.82. The van der Waals surface area contributed by atoms with E-state index in [0.717, 1.165) is 0 Å². The molecule has 1 heterocycles. The Kier molecular flexibility index (Phi) is 4.36. The number of anilines is 1. The fourth-order valence-electron chi connectivity index (χ4n) is 1.90. The molecule has 0 aliphatic carbocycles. The quantitative estimate of drug-likeness (QED) is 0.842. The second-order valence-electron chi connectivity index (χ2n) is 4.41. The van der Waals surface area contributed by atoms with E-state index in [1.807, 2.05) is 0 Å². The highest BCUT2D eigenvalue weighted by Crippen LogP contribution is 2.48. The van der Waals surface area contributed by atoms with Crippen LogP contribution in [0.2, 0.25) is 0 Å². The highest BCUT2D eigenvalue weighted by atomic mass is 16.6. The van der Waals surface area contributed by atoms with Crippen molar-refractivity contribution in [3.05, 3.63) is 24.3 Å². The van der Waals surface area contributed by atoms with Gasteiger partial charge in [0.05, 0.1) is 12.7 Å². The van der Waals surface area contributed by atoms with Gasteiger partial charge >= 0.3 is 5.97 Å². The third kappa shape index (κ3) is 3.03. The zero-order valence-corrected chi connectivity index (χ0v) is 12.3. The van der Waals surface area contributed by atoms with Gasteiger partial charge in [-0.3, -0.25) is 14.9 Å². The summed E-state index contributed by atoms with van der Waals surface area (Å²) in [6.45, 7) is 2.44. The lowest BCUT2D eigenvalue weighted by atomic mass is 10.1. The molecule has 7 heteroatoms. The molecule has 0 aliphatic rings. The predicted molar refractivity (Wildman–Crippen MR) is 78.0 cm³/mol. The van der Waals surface area contributed by atoms with Crippen molar-refractivity contribution >= 4 is 17.8 Å². The molecule has 2 aromatic rings. The maximum atomic E-state index is 11.2. The fourth-order valence-corrected chi connectivity index (χ4v) is 1.90. The number of carbonyl (C=O) groups excluding carboxylic acids is 2. The van der Waals surface area contributed by atoms with Gasteiger partial charge in [-0.2, -0.15) is 0 Å². The first kappa shape index (κ1) is 15.4. The number of ether oxygens (including phenoxy) is 2. The van der Waals surface area contributed by atoms with Crippen LogP contribution in [0, 0.1) is 0 Å². The molecular formula is C15H15NO6. The lowest BCUT2D eigenvalue weighted by Gasteiger charge is -2.05. The van der Waals surface area contributed by atoms with Crippen LogP contribution in [0.25, 0.3) is 11.3 Å². The summed E-state index contributed by atoms with van der Waals surface area (Å²) in [7, 11) is 1.47. The van der Waals surface area contributed by atoms with Gasteiger partial charge in [0.1, 0.15) is 5.75 Å². The SMILES string of the molecule is COc1ccccc1-c1oc(NC(C)=O)c(OC(C)=O)c1O. The van der Waals surface area contributed by atoms with Crippen molar-refractivity contribution in [3.63, 3.8) is 0 Å². The third-order valence-electron chi connectivity index (χ3n) is 2.73. The van der Waals surface area contributed by atoms with E-state index in [1.54, 1.807) is 24.3 Å². The summed E-state index contributed by atoms with van der Waals surface area (Å²) in [5.74, 6) is -1.41.